The Bertz CT molecular complexity index is 991. The summed E-state index contributed by atoms with van der Waals surface area (Å²) in [5.41, 5.74) is 1.58. The second-order valence-corrected chi connectivity index (χ2v) is 7.82. The molecule has 0 bridgehead atoms. The van der Waals surface area contributed by atoms with Crippen molar-refractivity contribution in [1.82, 2.24) is 14.8 Å². The van der Waals surface area contributed by atoms with Crippen molar-refractivity contribution < 1.29 is 4.79 Å². The molecule has 3 rings (SSSR count). The molecule has 1 heterocycles. The van der Waals surface area contributed by atoms with Gasteiger partial charge in [0.05, 0.1) is 12.3 Å². The minimum Gasteiger partial charge on any atom is -0.378 e. The second-order valence-electron chi connectivity index (χ2n) is 6.01. The number of carbonyl (C=O) groups is 1. The van der Waals surface area contributed by atoms with Crippen LogP contribution in [0.2, 0.25) is 10.0 Å². The van der Waals surface area contributed by atoms with Crippen LogP contribution in [0.1, 0.15) is 5.82 Å². The fraction of sp³-hybridized carbons (Fsp3) is 0.150. The Balaban J connectivity index is 1.60. The van der Waals surface area contributed by atoms with Gasteiger partial charge in [0, 0.05) is 28.0 Å². The normalized spacial score (nSPS) is 10.6. The molecule has 150 valence electrons. The van der Waals surface area contributed by atoms with Crippen molar-refractivity contribution in [2.24, 2.45) is 0 Å². The average molecular weight is 448 g/mol. The summed E-state index contributed by atoms with van der Waals surface area (Å²) in [6, 6.07) is 14.4. The first kappa shape index (κ1) is 21.2. The number of halogens is 2. The van der Waals surface area contributed by atoms with Crippen LogP contribution in [0.5, 0.6) is 0 Å². The molecule has 0 aliphatic heterocycles. The number of hydrogen-bond donors (Lipinski definition) is 2. The SMILES string of the molecule is C=CCn1c(CNc2ccc(Cl)cc2)nnc1SCC(=O)Nc1cccc(Cl)c1. The zero-order valence-electron chi connectivity index (χ0n) is 15.4. The van der Waals surface area contributed by atoms with E-state index in [-0.39, 0.29) is 11.7 Å². The van der Waals surface area contributed by atoms with Gasteiger partial charge in [0.25, 0.3) is 0 Å². The molecule has 1 aromatic heterocycles. The lowest BCUT2D eigenvalue weighted by Gasteiger charge is -2.10. The molecule has 0 aliphatic rings. The van der Waals surface area contributed by atoms with Gasteiger partial charge in [0.15, 0.2) is 11.0 Å². The second kappa shape index (κ2) is 10.3. The van der Waals surface area contributed by atoms with Crippen molar-refractivity contribution in [2.45, 2.75) is 18.2 Å². The van der Waals surface area contributed by atoms with Gasteiger partial charge in [-0.05, 0) is 42.5 Å². The number of amides is 1. The summed E-state index contributed by atoms with van der Waals surface area (Å²) in [7, 11) is 0. The summed E-state index contributed by atoms with van der Waals surface area (Å²) in [6.45, 7) is 4.82. The molecule has 2 N–H and O–H groups in total. The number of anilines is 2. The van der Waals surface area contributed by atoms with Crippen molar-refractivity contribution >= 4 is 52.2 Å². The van der Waals surface area contributed by atoms with Crippen LogP contribution >= 0.6 is 35.0 Å². The van der Waals surface area contributed by atoms with E-state index in [1.165, 1.54) is 11.8 Å². The predicted molar refractivity (Wildman–Crippen MR) is 120 cm³/mol. The molecule has 0 atom stereocenters. The van der Waals surface area contributed by atoms with Crippen molar-refractivity contribution in [3.63, 3.8) is 0 Å². The minimum atomic E-state index is -0.147. The topological polar surface area (TPSA) is 71.8 Å². The molecule has 0 aliphatic carbocycles. The third-order valence-electron chi connectivity index (χ3n) is 3.84. The number of hydrogen-bond acceptors (Lipinski definition) is 5. The van der Waals surface area contributed by atoms with Crippen LogP contribution in [-0.2, 0) is 17.9 Å². The van der Waals surface area contributed by atoms with E-state index >= 15 is 0 Å². The quantitative estimate of drug-likeness (QED) is 0.352. The van der Waals surface area contributed by atoms with Crippen LogP contribution in [0, 0.1) is 0 Å². The maximum Gasteiger partial charge on any atom is 0.234 e. The van der Waals surface area contributed by atoms with Crippen molar-refractivity contribution in [3.05, 3.63) is 77.1 Å². The Labute approximate surface area is 183 Å². The van der Waals surface area contributed by atoms with Gasteiger partial charge in [-0.1, -0.05) is 47.1 Å². The molecule has 0 spiro atoms. The zero-order valence-corrected chi connectivity index (χ0v) is 17.8. The predicted octanol–water partition coefficient (Wildman–Crippen LogP) is 5.11. The van der Waals surface area contributed by atoms with Crippen molar-refractivity contribution in [2.75, 3.05) is 16.4 Å². The summed E-state index contributed by atoms with van der Waals surface area (Å²) < 4.78 is 1.92. The highest BCUT2D eigenvalue weighted by atomic mass is 35.5. The van der Waals surface area contributed by atoms with Crippen LogP contribution in [-0.4, -0.2) is 26.4 Å². The summed E-state index contributed by atoms with van der Waals surface area (Å²) in [4.78, 5) is 12.2. The summed E-state index contributed by atoms with van der Waals surface area (Å²) in [5, 5.41) is 16.5. The van der Waals surface area contributed by atoms with E-state index in [1.54, 1.807) is 30.3 Å². The number of benzene rings is 2. The van der Waals surface area contributed by atoms with E-state index < -0.39 is 0 Å². The molecule has 0 unspecified atom stereocenters. The molecule has 2 aromatic carbocycles. The van der Waals surface area contributed by atoms with Crippen molar-refractivity contribution in [3.8, 4) is 0 Å². The smallest absolute Gasteiger partial charge is 0.234 e. The molecule has 0 saturated carbocycles. The fourth-order valence-corrected chi connectivity index (χ4v) is 3.59. The summed E-state index contributed by atoms with van der Waals surface area (Å²) in [6.07, 6.45) is 1.77. The molecule has 29 heavy (non-hydrogen) atoms. The minimum absolute atomic E-state index is 0.147. The summed E-state index contributed by atoms with van der Waals surface area (Å²) >= 11 is 13.2. The molecular weight excluding hydrogens is 429 g/mol. The highest BCUT2D eigenvalue weighted by molar-refractivity contribution is 7.99. The largest absolute Gasteiger partial charge is 0.378 e. The van der Waals surface area contributed by atoms with Gasteiger partial charge >= 0.3 is 0 Å². The fourth-order valence-electron chi connectivity index (χ4n) is 2.51. The lowest BCUT2D eigenvalue weighted by Crippen LogP contribution is -2.15. The highest BCUT2D eigenvalue weighted by Crippen LogP contribution is 2.20. The Hall–Kier alpha value is -2.48. The van der Waals surface area contributed by atoms with Crippen LogP contribution in [0.4, 0.5) is 11.4 Å². The van der Waals surface area contributed by atoms with E-state index in [4.69, 9.17) is 23.2 Å². The number of nitrogens with one attached hydrogen (secondary N) is 2. The molecule has 6 nitrogen and oxygen atoms in total. The first-order chi connectivity index (χ1) is 14.0. The molecule has 0 saturated heterocycles. The van der Waals surface area contributed by atoms with Crippen LogP contribution < -0.4 is 10.6 Å². The van der Waals surface area contributed by atoms with Crippen LogP contribution in [0.3, 0.4) is 0 Å². The molecule has 9 heteroatoms. The maximum atomic E-state index is 12.2. The molecular formula is C20H19Cl2N5OS. The standard InChI is InChI=1S/C20H19Cl2N5OS/c1-2-10-27-18(12-23-16-8-6-14(21)7-9-16)25-26-20(27)29-13-19(28)24-17-5-3-4-15(22)11-17/h2-9,11,23H,1,10,12-13H2,(H,24,28). The van der Waals surface area contributed by atoms with Gasteiger partial charge in [0.2, 0.25) is 5.91 Å². The van der Waals surface area contributed by atoms with Crippen LogP contribution in [0.15, 0.2) is 66.3 Å². The van der Waals surface area contributed by atoms with Gasteiger partial charge in [-0.25, -0.2) is 0 Å². The number of nitrogens with zero attached hydrogens (tertiary/aromatic N) is 3. The Kier molecular flexibility index (Phi) is 7.57. The van der Waals surface area contributed by atoms with Gasteiger partial charge in [-0.2, -0.15) is 0 Å². The molecule has 3 aromatic rings. The van der Waals surface area contributed by atoms with E-state index in [0.717, 1.165) is 11.5 Å². The first-order valence-electron chi connectivity index (χ1n) is 8.76. The molecule has 1 amide bonds. The third kappa shape index (κ3) is 6.25. The van der Waals surface area contributed by atoms with E-state index in [0.29, 0.717) is 34.0 Å². The number of rotatable bonds is 9. The van der Waals surface area contributed by atoms with Gasteiger partial charge in [-0.3, -0.25) is 4.79 Å². The van der Waals surface area contributed by atoms with E-state index in [9.17, 15) is 4.79 Å². The zero-order chi connectivity index (χ0) is 20.6. The van der Waals surface area contributed by atoms with Crippen LogP contribution in [0.25, 0.3) is 0 Å². The summed E-state index contributed by atoms with van der Waals surface area (Å²) in [5.74, 6) is 0.802. The number of aromatic nitrogens is 3. The lowest BCUT2D eigenvalue weighted by molar-refractivity contribution is -0.113. The van der Waals surface area contributed by atoms with Crippen molar-refractivity contribution in [1.29, 1.82) is 0 Å². The van der Waals surface area contributed by atoms with E-state index in [2.05, 4.69) is 27.4 Å². The maximum absolute atomic E-state index is 12.2. The van der Waals surface area contributed by atoms with Gasteiger partial charge < -0.3 is 15.2 Å². The average Bonchev–Trinajstić information content (AvgIpc) is 3.08. The van der Waals surface area contributed by atoms with E-state index in [1.807, 2.05) is 28.8 Å². The number of carbonyl (C=O) groups excluding carboxylic acids is 1. The third-order valence-corrected chi connectivity index (χ3v) is 5.29. The number of allylic oxidation sites excluding steroid dienone is 1. The highest BCUT2D eigenvalue weighted by Gasteiger charge is 2.13. The Morgan fingerprint density at radius 3 is 2.62 bits per heavy atom. The van der Waals surface area contributed by atoms with Gasteiger partial charge in [0.1, 0.15) is 0 Å². The lowest BCUT2D eigenvalue weighted by atomic mass is 10.3. The number of thioether (sulfide) groups is 1. The molecule has 0 fully saturated rings. The first-order valence-corrected chi connectivity index (χ1v) is 10.5. The Morgan fingerprint density at radius 2 is 1.90 bits per heavy atom. The Morgan fingerprint density at radius 1 is 1.10 bits per heavy atom. The van der Waals surface area contributed by atoms with Gasteiger partial charge in [-0.15, -0.1) is 16.8 Å². The molecule has 0 radical (unpaired) electrons. The monoisotopic (exact) mass is 447 g/mol.